The third kappa shape index (κ3) is 1.76. The highest BCUT2D eigenvalue weighted by atomic mass is 15.3. The van der Waals surface area contributed by atoms with Gasteiger partial charge in [-0.25, -0.2) is 4.68 Å². The van der Waals surface area contributed by atoms with Crippen molar-refractivity contribution in [2.24, 2.45) is 0 Å². The van der Waals surface area contributed by atoms with Crippen molar-refractivity contribution in [1.82, 2.24) is 15.1 Å². The Morgan fingerprint density at radius 3 is 3.00 bits per heavy atom. The molecule has 1 aromatic heterocycles. The van der Waals surface area contributed by atoms with Crippen molar-refractivity contribution in [2.45, 2.75) is 26.8 Å². The van der Waals surface area contributed by atoms with Crippen LogP contribution in [0, 0.1) is 13.8 Å². The summed E-state index contributed by atoms with van der Waals surface area (Å²) in [7, 11) is 0. The van der Waals surface area contributed by atoms with Crippen LogP contribution in [0.1, 0.15) is 22.5 Å². The van der Waals surface area contributed by atoms with Crippen molar-refractivity contribution in [3.8, 4) is 5.69 Å². The summed E-state index contributed by atoms with van der Waals surface area (Å²) in [6, 6.07) is 8.53. The molecule has 0 bridgehead atoms. The Morgan fingerprint density at radius 1 is 1.29 bits per heavy atom. The van der Waals surface area contributed by atoms with Crippen LogP contribution in [-0.2, 0) is 13.0 Å². The van der Waals surface area contributed by atoms with Crippen LogP contribution in [0.25, 0.3) is 5.69 Å². The molecular formula is C14H17N3. The number of fused-ring (bicyclic) bond motifs is 1. The fourth-order valence-electron chi connectivity index (χ4n) is 2.49. The Morgan fingerprint density at radius 2 is 2.18 bits per heavy atom. The first-order valence-electron chi connectivity index (χ1n) is 6.11. The van der Waals surface area contributed by atoms with Crippen molar-refractivity contribution in [3.05, 3.63) is 46.8 Å². The molecule has 0 saturated heterocycles. The van der Waals surface area contributed by atoms with Gasteiger partial charge in [-0.2, -0.15) is 5.10 Å². The number of hydrogen-bond acceptors (Lipinski definition) is 2. The van der Waals surface area contributed by atoms with E-state index in [2.05, 4.69) is 53.2 Å². The maximum atomic E-state index is 4.68. The molecule has 0 saturated carbocycles. The van der Waals surface area contributed by atoms with Crippen LogP contribution in [0.15, 0.2) is 24.3 Å². The number of nitrogens with zero attached hydrogens (tertiary/aromatic N) is 2. The molecule has 1 aliphatic rings. The molecule has 0 radical (unpaired) electrons. The first kappa shape index (κ1) is 10.5. The molecule has 1 N–H and O–H groups in total. The van der Waals surface area contributed by atoms with Crippen LogP contribution in [0.4, 0.5) is 0 Å². The standard InChI is InChI=1S/C14H17N3/c1-10-4-3-5-12(8-10)17-14-6-7-15-9-13(14)11(2)16-17/h3-5,8,15H,6-7,9H2,1-2H3. The molecule has 0 atom stereocenters. The summed E-state index contributed by atoms with van der Waals surface area (Å²) >= 11 is 0. The van der Waals surface area contributed by atoms with E-state index in [-0.39, 0.29) is 0 Å². The molecule has 0 unspecified atom stereocenters. The average molecular weight is 227 g/mol. The van der Waals surface area contributed by atoms with E-state index >= 15 is 0 Å². The Balaban J connectivity index is 2.15. The molecule has 0 aliphatic carbocycles. The minimum atomic E-state index is 0.951. The minimum Gasteiger partial charge on any atom is -0.312 e. The van der Waals surface area contributed by atoms with Crippen molar-refractivity contribution in [2.75, 3.05) is 6.54 Å². The lowest BCUT2D eigenvalue weighted by Crippen LogP contribution is -2.24. The van der Waals surface area contributed by atoms with E-state index in [1.54, 1.807) is 0 Å². The van der Waals surface area contributed by atoms with E-state index in [1.807, 2.05) is 0 Å². The topological polar surface area (TPSA) is 29.9 Å². The Bertz CT molecular complexity index is 555. The zero-order chi connectivity index (χ0) is 11.8. The van der Waals surface area contributed by atoms with E-state index in [0.29, 0.717) is 0 Å². The first-order chi connectivity index (χ1) is 8.25. The molecule has 2 aromatic rings. The molecule has 88 valence electrons. The predicted octanol–water partition coefficient (Wildman–Crippen LogP) is 2.13. The number of aryl methyl sites for hydroxylation is 2. The smallest absolute Gasteiger partial charge is 0.0651 e. The number of hydrogen-bond donors (Lipinski definition) is 1. The molecule has 3 nitrogen and oxygen atoms in total. The summed E-state index contributed by atoms with van der Waals surface area (Å²) in [5.74, 6) is 0. The lowest BCUT2D eigenvalue weighted by Gasteiger charge is -2.15. The molecule has 3 rings (SSSR count). The highest BCUT2D eigenvalue weighted by Gasteiger charge is 2.18. The van der Waals surface area contributed by atoms with Crippen LogP contribution < -0.4 is 5.32 Å². The normalized spacial score (nSPS) is 14.7. The lowest BCUT2D eigenvalue weighted by molar-refractivity contribution is 0.622. The number of rotatable bonds is 1. The minimum absolute atomic E-state index is 0.951. The first-order valence-corrected chi connectivity index (χ1v) is 6.11. The maximum Gasteiger partial charge on any atom is 0.0651 e. The van der Waals surface area contributed by atoms with Gasteiger partial charge in [0.25, 0.3) is 0 Å². The van der Waals surface area contributed by atoms with Crippen LogP contribution in [0.2, 0.25) is 0 Å². The predicted molar refractivity (Wildman–Crippen MR) is 68.4 cm³/mol. The molecule has 0 fully saturated rings. The van der Waals surface area contributed by atoms with Gasteiger partial charge in [-0.15, -0.1) is 0 Å². The zero-order valence-corrected chi connectivity index (χ0v) is 10.3. The number of benzene rings is 1. The van der Waals surface area contributed by atoms with Gasteiger partial charge < -0.3 is 5.32 Å². The van der Waals surface area contributed by atoms with Crippen molar-refractivity contribution in [1.29, 1.82) is 0 Å². The second-order valence-corrected chi connectivity index (χ2v) is 4.69. The summed E-state index contributed by atoms with van der Waals surface area (Å²) in [6.07, 6.45) is 1.06. The highest BCUT2D eigenvalue weighted by Crippen LogP contribution is 2.21. The summed E-state index contributed by atoms with van der Waals surface area (Å²) in [6.45, 7) is 6.21. The van der Waals surface area contributed by atoms with Gasteiger partial charge in [0.2, 0.25) is 0 Å². The zero-order valence-electron chi connectivity index (χ0n) is 10.3. The van der Waals surface area contributed by atoms with Gasteiger partial charge in [0, 0.05) is 25.1 Å². The fourth-order valence-corrected chi connectivity index (χ4v) is 2.49. The average Bonchev–Trinajstić information content (AvgIpc) is 2.68. The third-order valence-electron chi connectivity index (χ3n) is 3.38. The van der Waals surface area contributed by atoms with Crippen LogP contribution >= 0.6 is 0 Å². The SMILES string of the molecule is Cc1cccc(-n2nc(C)c3c2CCNC3)c1. The Labute approximate surface area is 101 Å². The summed E-state index contributed by atoms with van der Waals surface area (Å²) < 4.78 is 2.11. The van der Waals surface area contributed by atoms with E-state index in [9.17, 15) is 0 Å². The van der Waals surface area contributed by atoms with Crippen LogP contribution in [0.5, 0.6) is 0 Å². The van der Waals surface area contributed by atoms with E-state index < -0.39 is 0 Å². The fraction of sp³-hybridized carbons (Fsp3) is 0.357. The largest absolute Gasteiger partial charge is 0.312 e. The highest BCUT2D eigenvalue weighted by molar-refractivity contribution is 5.40. The quantitative estimate of drug-likeness (QED) is 0.809. The van der Waals surface area contributed by atoms with Gasteiger partial charge in [0.15, 0.2) is 0 Å². The van der Waals surface area contributed by atoms with Crippen LogP contribution in [-0.4, -0.2) is 16.3 Å². The monoisotopic (exact) mass is 227 g/mol. The second kappa shape index (κ2) is 4.00. The molecule has 0 amide bonds. The molecule has 1 aliphatic heterocycles. The number of nitrogens with one attached hydrogen (secondary N) is 1. The van der Waals surface area contributed by atoms with E-state index in [1.165, 1.54) is 22.5 Å². The molecule has 17 heavy (non-hydrogen) atoms. The van der Waals surface area contributed by atoms with Gasteiger partial charge >= 0.3 is 0 Å². The molecular weight excluding hydrogens is 210 g/mol. The van der Waals surface area contributed by atoms with Gasteiger partial charge in [0.05, 0.1) is 17.1 Å². The van der Waals surface area contributed by atoms with Gasteiger partial charge in [0.1, 0.15) is 0 Å². The third-order valence-corrected chi connectivity index (χ3v) is 3.38. The number of aromatic nitrogens is 2. The summed E-state index contributed by atoms with van der Waals surface area (Å²) in [5, 5.41) is 8.08. The van der Waals surface area contributed by atoms with Gasteiger partial charge in [-0.3, -0.25) is 0 Å². The maximum absolute atomic E-state index is 4.68. The molecule has 1 aromatic carbocycles. The molecule has 3 heteroatoms. The molecule has 2 heterocycles. The Hall–Kier alpha value is -1.61. The molecule has 0 spiro atoms. The van der Waals surface area contributed by atoms with Crippen molar-refractivity contribution >= 4 is 0 Å². The van der Waals surface area contributed by atoms with E-state index in [0.717, 1.165) is 25.2 Å². The Kier molecular flexibility index (Phi) is 2.48. The van der Waals surface area contributed by atoms with Crippen molar-refractivity contribution in [3.63, 3.8) is 0 Å². The van der Waals surface area contributed by atoms with Crippen LogP contribution in [0.3, 0.4) is 0 Å². The van der Waals surface area contributed by atoms with Crippen molar-refractivity contribution < 1.29 is 0 Å². The van der Waals surface area contributed by atoms with Gasteiger partial charge in [-0.1, -0.05) is 12.1 Å². The van der Waals surface area contributed by atoms with Gasteiger partial charge in [-0.05, 0) is 31.5 Å². The lowest BCUT2D eigenvalue weighted by atomic mass is 10.1. The second-order valence-electron chi connectivity index (χ2n) is 4.69. The van der Waals surface area contributed by atoms with E-state index in [4.69, 9.17) is 0 Å². The summed E-state index contributed by atoms with van der Waals surface area (Å²) in [5.41, 5.74) is 6.34. The summed E-state index contributed by atoms with van der Waals surface area (Å²) in [4.78, 5) is 0.